The molecule has 0 saturated heterocycles. The van der Waals surface area contributed by atoms with Crippen LogP contribution in [0.25, 0.3) is 0 Å². The van der Waals surface area contributed by atoms with Gasteiger partial charge in [-0.3, -0.25) is 4.79 Å². The molecule has 1 unspecified atom stereocenters. The van der Waals surface area contributed by atoms with Gasteiger partial charge in [-0.1, -0.05) is 36.5 Å². The van der Waals surface area contributed by atoms with Crippen LogP contribution in [0.4, 0.5) is 0 Å². The van der Waals surface area contributed by atoms with Crippen LogP contribution < -0.4 is 0 Å². The summed E-state index contributed by atoms with van der Waals surface area (Å²) in [4.78, 5) is 12.2. The van der Waals surface area contributed by atoms with E-state index >= 15 is 0 Å². The first-order valence-electron chi connectivity index (χ1n) is 7.12. The molecule has 1 aromatic carbocycles. The number of aliphatic carboxylic acids is 1. The molecule has 0 radical (unpaired) electrons. The van der Waals surface area contributed by atoms with Gasteiger partial charge in [0, 0.05) is 12.2 Å². The largest absolute Gasteiger partial charge is 0.481 e. The van der Waals surface area contributed by atoms with Crippen LogP contribution in [0.1, 0.15) is 41.3 Å². The number of aromatic nitrogens is 1. The molecule has 2 aromatic rings. The van der Waals surface area contributed by atoms with E-state index < -0.39 is 11.9 Å². The van der Waals surface area contributed by atoms with Crippen molar-refractivity contribution in [2.45, 2.75) is 32.2 Å². The molecule has 1 aromatic heterocycles. The first-order valence-corrected chi connectivity index (χ1v) is 7.53. The molecule has 0 aliphatic carbocycles. The molecule has 21 heavy (non-hydrogen) atoms. The number of carboxylic acid groups (broad SMARTS) is 1. The summed E-state index contributed by atoms with van der Waals surface area (Å²) < 4.78 is 2.08. The molecule has 3 rings (SSSR count). The van der Waals surface area contributed by atoms with Gasteiger partial charge >= 0.3 is 5.97 Å². The van der Waals surface area contributed by atoms with Gasteiger partial charge in [0.15, 0.2) is 0 Å². The van der Waals surface area contributed by atoms with Gasteiger partial charge in [-0.2, -0.15) is 0 Å². The van der Waals surface area contributed by atoms with Crippen molar-refractivity contribution >= 4 is 23.1 Å². The van der Waals surface area contributed by atoms with E-state index in [0.29, 0.717) is 6.42 Å². The Hall–Kier alpha value is -1.94. The van der Waals surface area contributed by atoms with Crippen molar-refractivity contribution in [1.82, 2.24) is 4.57 Å². The fourth-order valence-corrected chi connectivity index (χ4v) is 3.46. The zero-order chi connectivity index (χ0) is 15.0. The smallest absolute Gasteiger partial charge is 0.312 e. The average Bonchev–Trinajstić information content (AvgIpc) is 2.90. The number of carboxylic acids is 1. The Labute approximate surface area is 129 Å². The highest BCUT2D eigenvalue weighted by Crippen LogP contribution is 2.31. The maximum atomic E-state index is 11.4. The summed E-state index contributed by atoms with van der Waals surface area (Å²) >= 11 is 5.65. The Balaban J connectivity index is 2.04. The summed E-state index contributed by atoms with van der Waals surface area (Å²) in [6.07, 6.45) is 1.58. The highest BCUT2D eigenvalue weighted by atomic mass is 32.1. The molecule has 0 saturated carbocycles. The van der Waals surface area contributed by atoms with Crippen molar-refractivity contribution in [3.63, 3.8) is 0 Å². The Kier molecular flexibility index (Phi) is 3.64. The van der Waals surface area contributed by atoms with Crippen LogP contribution in [0.15, 0.2) is 36.4 Å². The number of hydrogen-bond donors (Lipinski definition) is 1. The van der Waals surface area contributed by atoms with Crippen molar-refractivity contribution in [3.8, 4) is 0 Å². The van der Waals surface area contributed by atoms with Crippen molar-refractivity contribution in [3.05, 3.63) is 58.9 Å². The molecule has 3 nitrogen and oxygen atoms in total. The predicted octanol–water partition coefficient (Wildman–Crippen LogP) is 3.52. The fourth-order valence-electron chi connectivity index (χ4n) is 3.05. The number of thiocarbonyl (C=S) groups is 1. The zero-order valence-electron chi connectivity index (χ0n) is 11.9. The lowest BCUT2D eigenvalue weighted by Gasteiger charge is -2.24. The first kappa shape index (κ1) is 14.0. The lowest BCUT2D eigenvalue weighted by Crippen LogP contribution is -2.23. The summed E-state index contributed by atoms with van der Waals surface area (Å²) in [5, 5.41) is 9.35. The van der Waals surface area contributed by atoms with E-state index in [4.69, 9.17) is 12.2 Å². The van der Waals surface area contributed by atoms with Gasteiger partial charge in [0.25, 0.3) is 0 Å². The molecule has 1 atom stereocenters. The van der Waals surface area contributed by atoms with Gasteiger partial charge < -0.3 is 9.67 Å². The Bertz CT molecular complexity index is 717. The van der Waals surface area contributed by atoms with E-state index in [1.807, 2.05) is 43.3 Å². The van der Waals surface area contributed by atoms with Gasteiger partial charge in [0.05, 0.1) is 16.5 Å². The quantitative estimate of drug-likeness (QED) is 0.696. The third kappa shape index (κ3) is 2.40. The van der Waals surface area contributed by atoms with E-state index in [1.54, 1.807) is 0 Å². The summed E-state index contributed by atoms with van der Waals surface area (Å²) in [6.45, 7) is 2.88. The topological polar surface area (TPSA) is 42.2 Å². The van der Waals surface area contributed by atoms with Crippen LogP contribution in [0.3, 0.4) is 0 Å². The van der Waals surface area contributed by atoms with Gasteiger partial charge in [-0.05, 0) is 43.0 Å². The lowest BCUT2D eigenvalue weighted by molar-refractivity contribution is -0.139. The van der Waals surface area contributed by atoms with Crippen LogP contribution in [-0.4, -0.2) is 20.5 Å². The number of benzene rings is 1. The first-order chi connectivity index (χ1) is 10.1. The maximum Gasteiger partial charge on any atom is 0.312 e. The summed E-state index contributed by atoms with van der Waals surface area (Å²) in [5.41, 5.74) is 4.02. The zero-order valence-corrected chi connectivity index (χ0v) is 12.7. The van der Waals surface area contributed by atoms with Crippen LogP contribution in [0.5, 0.6) is 0 Å². The number of hydrogen-bond acceptors (Lipinski definition) is 2. The molecule has 2 heterocycles. The molecule has 0 spiro atoms. The minimum Gasteiger partial charge on any atom is -0.481 e. The summed E-state index contributed by atoms with van der Waals surface area (Å²) in [7, 11) is 0. The Morgan fingerprint density at radius 1 is 1.29 bits per heavy atom. The van der Waals surface area contributed by atoms with Crippen LogP contribution >= 0.6 is 12.2 Å². The van der Waals surface area contributed by atoms with E-state index in [-0.39, 0.29) is 0 Å². The minimum absolute atomic E-state index is 0.410. The average molecular weight is 299 g/mol. The monoisotopic (exact) mass is 299 g/mol. The van der Waals surface area contributed by atoms with Crippen molar-refractivity contribution in [1.29, 1.82) is 0 Å². The highest BCUT2D eigenvalue weighted by molar-refractivity contribution is 7.81. The SMILES string of the molecule is Cc1ccccc1C(=S)c1ccc2n1CCCC2C(=O)O. The molecular weight excluding hydrogens is 282 g/mol. The molecule has 1 N–H and O–H groups in total. The predicted molar refractivity (Wildman–Crippen MR) is 86.0 cm³/mol. The standard InChI is InChI=1S/C17H17NO2S/c1-11-5-2-3-6-12(11)16(21)15-9-8-14-13(17(19)20)7-4-10-18(14)15/h2-3,5-6,8-9,13H,4,7,10H2,1H3,(H,19,20). The van der Waals surface area contributed by atoms with Crippen LogP contribution in [-0.2, 0) is 11.3 Å². The van der Waals surface area contributed by atoms with Gasteiger partial charge in [0.1, 0.15) is 0 Å². The second-order valence-corrected chi connectivity index (χ2v) is 5.88. The maximum absolute atomic E-state index is 11.4. The number of carbonyl (C=O) groups is 1. The summed E-state index contributed by atoms with van der Waals surface area (Å²) in [5.74, 6) is -1.16. The molecular formula is C17H17NO2S. The molecule has 0 fully saturated rings. The molecule has 4 heteroatoms. The number of rotatable bonds is 3. The second kappa shape index (κ2) is 5.45. The van der Waals surface area contributed by atoms with E-state index in [9.17, 15) is 9.90 Å². The van der Waals surface area contributed by atoms with E-state index in [0.717, 1.165) is 40.3 Å². The molecule has 1 aliphatic rings. The third-order valence-electron chi connectivity index (χ3n) is 4.17. The van der Waals surface area contributed by atoms with E-state index in [1.165, 1.54) is 0 Å². The van der Waals surface area contributed by atoms with Gasteiger partial charge in [0.2, 0.25) is 0 Å². The molecule has 0 bridgehead atoms. The summed E-state index contributed by atoms with van der Waals surface area (Å²) in [6, 6.07) is 11.9. The number of aryl methyl sites for hydroxylation is 1. The third-order valence-corrected chi connectivity index (χ3v) is 4.60. The van der Waals surface area contributed by atoms with Gasteiger partial charge in [-0.15, -0.1) is 0 Å². The van der Waals surface area contributed by atoms with Crippen LogP contribution in [0.2, 0.25) is 0 Å². The van der Waals surface area contributed by atoms with Crippen molar-refractivity contribution < 1.29 is 9.90 Å². The normalized spacial score (nSPS) is 17.3. The molecule has 0 amide bonds. The lowest BCUT2D eigenvalue weighted by atomic mass is 9.96. The Morgan fingerprint density at radius 3 is 2.76 bits per heavy atom. The highest BCUT2D eigenvalue weighted by Gasteiger charge is 2.28. The molecule has 1 aliphatic heterocycles. The van der Waals surface area contributed by atoms with E-state index in [2.05, 4.69) is 4.57 Å². The van der Waals surface area contributed by atoms with Crippen molar-refractivity contribution in [2.24, 2.45) is 0 Å². The van der Waals surface area contributed by atoms with Crippen molar-refractivity contribution in [2.75, 3.05) is 0 Å². The second-order valence-electron chi connectivity index (χ2n) is 5.47. The molecule has 108 valence electrons. The minimum atomic E-state index is -0.748. The van der Waals surface area contributed by atoms with Crippen LogP contribution in [0, 0.1) is 6.92 Å². The fraction of sp³-hybridized carbons (Fsp3) is 0.294. The number of fused-ring (bicyclic) bond motifs is 1. The Morgan fingerprint density at radius 2 is 2.05 bits per heavy atom. The van der Waals surface area contributed by atoms with Gasteiger partial charge in [-0.25, -0.2) is 0 Å². The number of nitrogens with zero attached hydrogens (tertiary/aromatic N) is 1.